The Morgan fingerprint density at radius 2 is 1.80 bits per heavy atom. The quantitative estimate of drug-likeness (QED) is 0.710. The summed E-state index contributed by atoms with van der Waals surface area (Å²) in [7, 11) is 0. The third-order valence-electron chi connectivity index (χ3n) is 4.46. The highest BCUT2D eigenvalue weighted by Crippen LogP contribution is 2.22. The van der Waals surface area contributed by atoms with Crippen molar-refractivity contribution in [2.45, 2.75) is 6.92 Å². The van der Waals surface area contributed by atoms with Crippen molar-refractivity contribution in [2.24, 2.45) is 0 Å². The molecule has 134 valence electrons. The number of piperazine rings is 1. The average Bonchev–Trinajstić information content (AvgIpc) is 3.06. The number of amides is 2. The van der Waals surface area contributed by atoms with E-state index in [9.17, 15) is 9.59 Å². The van der Waals surface area contributed by atoms with Crippen LogP contribution in [0, 0.1) is 6.92 Å². The van der Waals surface area contributed by atoms with Gasteiger partial charge in [0.05, 0.1) is 13.2 Å². The van der Waals surface area contributed by atoms with Crippen molar-refractivity contribution in [1.29, 1.82) is 0 Å². The summed E-state index contributed by atoms with van der Waals surface area (Å²) in [5.74, 6) is 0. The lowest BCUT2D eigenvalue weighted by atomic mass is 10.3. The van der Waals surface area contributed by atoms with E-state index in [1.807, 2.05) is 9.80 Å². The SMILES string of the molecule is Cc1cc(=O)n2nc(N3CCN(C(=O)N4CCOCC4)CC3)sc2n1. The number of nitrogens with zero attached hydrogens (tertiary/aromatic N) is 6. The molecule has 0 radical (unpaired) electrons. The zero-order chi connectivity index (χ0) is 17.4. The number of rotatable bonds is 1. The fourth-order valence-corrected chi connectivity index (χ4v) is 4.09. The van der Waals surface area contributed by atoms with Gasteiger partial charge in [0.1, 0.15) is 0 Å². The van der Waals surface area contributed by atoms with Crippen LogP contribution in [0.2, 0.25) is 0 Å². The Labute approximate surface area is 148 Å². The van der Waals surface area contributed by atoms with Gasteiger partial charge in [0.25, 0.3) is 5.56 Å². The van der Waals surface area contributed by atoms with Crippen LogP contribution in [0.25, 0.3) is 4.96 Å². The summed E-state index contributed by atoms with van der Waals surface area (Å²) in [6.45, 7) is 7.03. The standard InChI is InChI=1S/C15H20N6O3S/c1-11-10-12(22)21-13(16-11)25-14(17-21)18-2-4-19(5-3-18)15(23)20-6-8-24-9-7-20/h10H,2-9H2,1H3. The van der Waals surface area contributed by atoms with Crippen LogP contribution in [0.4, 0.5) is 9.93 Å². The van der Waals surface area contributed by atoms with E-state index in [4.69, 9.17) is 4.74 Å². The number of fused-ring (bicyclic) bond motifs is 1. The second-order valence-electron chi connectivity index (χ2n) is 6.17. The second kappa shape index (κ2) is 6.60. The van der Waals surface area contributed by atoms with Gasteiger partial charge >= 0.3 is 6.03 Å². The molecule has 9 nitrogen and oxygen atoms in total. The Balaban J connectivity index is 1.44. The van der Waals surface area contributed by atoms with Crippen molar-refractivity contribution in [3.63, 3.8) is 0 Å². The zero-order valence-corrected chi connectivity index (χ0v) is 14.9. The van der Waals surface area contributed by atoms with Crippen molar-refractivity contribution >= 4 is 27.5 Å². The number of morpholine rings is 1. The lowest BCUT2D eigenvalue weighted by Crippen LogP contribution is -2.54. The highest BCUT2D eigenvalue weighted by atomic mass is 32.1. The molecule has 2 amide bonds. The predicted octanol–water partition coefficient (Wildman–Crippen LogP) is 0.0336. The Morgan fingerprint density at radius 3 is 2.52 bits per heavy atom. The topological polar surface area (TPSA) is 83.3 Å². The van der Waals surface area contributed by atoms with Crippen LogP contribution in [0.15, 0.2) is 10.9 Å². The first-order valence-corrected chi connectivity index (χ1v) is 9.17. The van der Waals surface area contributed by atoms with Crippen molar-refractivity contribution in [1.82, 2.24) is 24.4 Å². The Morgan fingerprint density at radius 1 is 1.12 bits per heavy atom. The largest absolute Gasteiger partial charge is 0.378 e. The van der Waals surface area contributed by atoms with E-state index in [1.165, 1.54) is 21.9 Å². The average molecular weight is 364 g/mol. The normalized spacial score (nSPS) is 18.8. The molecule has 4 heterocycles. The van der Waals surface area contributed by atoms with Gasteiger partial charge in [0, 0.05) is 51.0 Å². The summed E-state index contributed by atoms with van der Waals surface area (Å²) in [5.41, 5.74) is 0.534. The van der Waals surface area contributed by atoms with E-state index in [2.05, 4.69) is 15.0 Å². The van der Waals surface area contributed by atoms with Gasteiger partial charge in [-0.3, -0.25) is 4.79 Å². The molecule has 2 aliphatic heterocycles. The smallest absolute Gasteiger partial charge is 0.320 e. The zero-order valence-electron chi connectivity index (χ0n) is 14.1. The molecule has 2 saturated heterocycles. The molecule has 0 saturated carbocycles. The van der Waals surface area contributed by atoms with E-state index in [0.29, 0.717) is 63.1 Å². The lowest BCUT2D eigenvalue weighted by Gasteiger charge is -2.38. The van der Waals surface area contributed by atoms with Crippen LogP contribution in [0.5, 0.6) is 0 Å². The van der Waals surface area contributed by atoms with Crippen molar-refractivity contribution in [3.8, 4) is 0 Å². The number of hydrogen-bond acceptors (Lipinski definition) is 7. The van der Waals surface area contributed by atoms with Gasteiger partial charge in [-0.25, -0.2) is 9.78 Å². The summed E-state index contributed by atoms with van der Waals surface area (Å²) < 4.78 is 6.64. The first kappa shape index (κ1) is 16.3. The van der Waals surface area contributed by atoms with Crippen molar-refractivity contribution < 1.29 is 9.53 Å². The number of ether oxygens (including phenoxy) is 1. The predicted molar refractivity (Wildman–Crippen MR) is 93.4 cm³/mol. The number of aryl methyl sites for hydroxylation is 1. The lowest BCUT2D eigenvalue weighted by molar-refractivity contribution is 0.0428. The third kappa shape index (κ3) is 3.19. The van der Waals surface area contributed by atoms with Gasteiger partial charge in [0.2, 0.25) is 10.1 Å². The summed E-state index contributed by atoms with van der Waals surface area (Å²) in [6.07, 6.45) is 0. The second-order valence-corrected chi connectivity index (χ2v) is 7.11. The highest BCUT2D eigenvalue weighted by Gasteiger charge is 2.27. The Bertz CT molecular complexity index is 835. The number of urea groups is 1. The third-order valence-corrected chi connectivity index (χ3v) is 5.43. The van der Waals surface area contributed by atoms with Gasteiger partial charge in [-0.05, 0) is 6.92 Å². The van der Waals surface area contributed by atoms with E-state index >= 15 is 0 Å². The number of hydrogen-bond donors (Lipinski definition) is 0. The Hall–Kier alpha value is -2.20. The van der Waals surface area contributed by atoms with Gasteiger partial charge in [-0.2, -0.15) is 4.52 Å². The number of carbonyl (C=O) groups excluding carboxylic acids is 1. The van der Waals surface area contributed by atoms with Crippen molar-refractivity contribution in [3.05, 3.63) is 22.1 Å². The summed E-state index contributed by atoms with van der Waals surface area (Å²) in [4.78, 5) is 35.3. The van der Waals surface area contributed by atoms with Gasteiger partial charge in [0.15, 0.2) is 0 Å². The molecule has 0 spiro atoms. The maximum atomic E-state index is 12.5. The number of carbonyl (C=O) groups is 1. The van der Waals surface area contributed by atoms with Crippen molar-refractivity contribution in [2.75, 3.05) is 57.4 Å². The molecule has 2 fully saturated rings. The minimum Gasteiger partial charge on any atom is -0.378 e. The highest BCUT2D eigenvalue weighted by molar-refractivity contribution is 7.20. The minimum absolute atomic E-state index is 0.0840. The molecule has 0 bridgehead atoms. The molecular formula is C15H20N6O3S. The fraction of sp³-hybridized carbons (Fsp3) is 0.600. The molecule has 2 aromatic rings. The first-order valence-electron chi connectivity index (χ1n) is 8.36. The van der Waals surface area contributed by atoms with Crippen LogP contribution >= 0.6 is 11.3 Å². The summed E-state index contributed by atoms with van der Waals surface area (Å²) >= 11 is 1.41. The maximum Gasteiger partial charge on any atom is 0.320 e. The van der Waals surface area contributed by atoms with Gasteiger partial charge in [-0.15, -0.1) is 5.10 Å². The van der Waals surface area contributed by atoms with Crippen LogP contribution in [-0.2, 0) is 4.74 Å². The molecule has 0 unspecified atom stereocenters. The summed E-state index contributed by atoms with van der Waals surface area (Å²) in [5, 5.41) is 5.16. The molecule has 10 heteroatoms. The van der Waals surface area contributed by atoms with Gasteiger partial charge < -0.3 is 19.4 Å². The van der Waals surface area contributed by atoms with Crippen LogP contribution < -0.4 is 10.5 Å². The molecule has 0 aromatic carbocycles. The van der Waals surface area contributed by atoms with Crippen LogP contribution in [0.1, 0.15) is 5.69 Å². The Kier molecular flexibility index (Phi) is 4.30. The first-order chi connectivity index (χ1) is 12.1. The van der Waals surface area contributed by atoms with E-state index in [0.717, 1.165) is 5.13 Å². The maximum absolute atomic E-state index is 12.5. The molecule has 2 aromatic heterocycles. The van der Waals surface area contributed by atoms with E-state index in [-0.39, 0.29) is 11.6 Å². The van der Waals surface area contributed by atoms with E-state index < -0.39 is 0 Å². The van der Waals surface area contributed by atoms with Crippen LogP contribution in [0.3, 0.4) is 0 Å². The molecule has 0 aliphatic carbocycles. The molecule has 0 atom stereocenters. The monoisotopic (exact) mass is 364 g/mol. The number of aromatic nitrogens is 3. The van der Waals surface area contributed by atoms with Crippen LogP contribution in [-0.4, -0.2) is 82.9 Å². The molecule has 25 heavy (non-hydrogen) atoms. The summed E-state index contributed by atoms with van der Waals surface area (Å²) in [6, 6.07) is 1.57. The molecule has 4 rings (SSSR count). The number of anilines is 1. The fourth-order valence-electron chi connectivity index (χ4n) is 3.08. The van der Waals surface area contributed by atoms with E-state index in [1.54, 1.807) is 6.92 Å². The van der Waals surface area contributed by atoms with Gasteiger partial charge in [-0.1, -0.05) is 11.3 Å². The molecular weight excluding hydrogens is 344 g/mol. The molecule has 2 aliphatic rings. The minimum atomic E-state index is -0.161. The molecule has 0 N–H and O–H groups in total.